The van der Waals surface area contributed by atoms with Crippen molar-refractivity contribution in [3.63, 3.8) is 0 Å². The average Bonchev–Trinajstić information content (AvgIpc) is 3.12. The van der Waals surface area contributed by atoms with E-state index in [1.165, 1.54) is 12.3 Å². The number of nitrogens with zero attached hydrogens (tertiary/aromatic N) is 2. The van der Waals surface area contributed by atoms with Crippen molar-refractivity contribution in [2.45, 2.75) is 51.6 Å². The number of anilines is 1. The van der Waals surface area contributed by atoms with E-state index in [9.17, 15) is 24.3 Å². The van der Waals surface area contributed by atoms with Gasteiger partial charge in [-0.05, 0) is 44.9 Å². The van der Waals surface area contributed by atoms with Gasteiger partial charge in [-0.2, -0.15) is 4.98 Å². The molecular weight excluding hydrogens is 442 g/mol. The number of nitrogen functional groups attached to an aromatic ring is 1. The zero-order chi connectivity index (χ0) is 25.0. The highest BCUT2D eigenvalue weighted by Gasteiger charge is 2.23. The molecule has 0 spiro atoms. The summed E-state index contributed by atoms with van der Waals surface area (Å²) in [6.07, 6.45) is 1.78. The summed E-state index contributed by atoms with van der Waals surface area (Å²) in [7, 11) is 0. The van der Waals surface area contributed by atoms with Crippen molar-refractivity contribution >= 4 is 34.8 Å². The first-order valence-electron chi connectivity index (χ1n) is 10.6. The van der Waals surface area contributed by atoms with Crippen LogP contribution in [0.3, 0.4) is 0 Å². The van der Waals surface area contributed by atoms with E-state index in [1.807, 2.05) is 20.8 Å². The predicted molar refractivity (Wildman–Crippen MR) is 124 cm³/mol. The van der Waals surface area contributed by atoms with Gasteiger partial charge in [0.15, 0.2) is 0 Å². The second-order valence-electron chi connectivity index (χ2n) is 8.94. The average molecular weight is 470 g/mol. The van der Waals surface area contributed by atoms with Crippen LogP contribution in [0.1, 0.15) is 55.4 Å². The van der Waals surface area contributed by atoms with Crippen LogP contribution in [-0.4, -0.2) is 54.4 Å². The summed E-state index contributed by atoms with van der Waals surface area (Å²) in [6.45, 7) is 5.46. The molecule has 0 saturated carbocycles. The number of fused-ring (bicyclic) bond motifs is 1. The van der Waals surface area contributed by atoms with Crippen LogP contribution < -0.4 is 21.9 Å². The zero-order valence-corrected chi connectivity index (χ0v) is 19.1. The molecule has 0 aromatic carbocycles. The quantitative estimate of drug-likeness (QED) is 0.277. The Morgan fingerprint density at radius 2 is 1.94 bits per heavy atom. The van der Waals surface area contributed by atoms with Gasteiger partial charge < -0.3 is 26.5 Å². The molecule has 12 heteroatoms. The van der Waals surface area contributed by atoms with Gasteiger partial charge in [-0.15, -0.1) is 0 Å². The largest absolute Gasteiger partial charge is 0.480 e. The lowest BCUT2D eigenvalue weighted by Gasteiger charge is -2.21. The number of carbonyl (C=O) groups excluding carboxylic acids is 2. The molecule has 0 aliphatic carbocycles. The molecule has 3 aromatic heterocycles. The second kappa shape index (κ2) is 9.73. The molecular formula is C22H27N7O5. The first-order valence-corrected chi connectivity index (χ1v) is 10.6. The lowest BCUT2D eigenvalue weighted by Crippen LogP contribution is -2.44. The number of H-pyrrole nitrogens is 2. The first kappa shape index (κ1) is 24.4. The fourth-order valence-corrected chi connectivity index (χ4v) is 3.32. The Morgan fingerprint density at radius 1 is 1.21 bits per heavy atom. The number of aromatic amines is 2. The monoisotopic (exact) mass is 469 g/mol. The highest BCUT2D eigenvalue weighted by atomic mass is 16.4. The summed E-state index contributed by atoms with van der Waals surface area (Å²) >= 11 is 0. The normalized spacial score (nSPS) is 12.3. The van der Waals surface area contributed by atoms with E-state index in [-0.39, 0.29) is 36.0 Å². The van der Waals surface area contributed by atoms with Crippen molar-refractivity contribution in [2.24, 2.45) is 0 Å². The summed E-state index contributed by atoms with van der Waals surface area (Å²) in [6, 6.07) is 3.58. The Kier molecular flexibility index (Phi) is 6.99. The molecule has 34 heavy (non-hydrogen) atoms. The van der Waals surface area contributed by atoms with Gasteiger partial charge in [0.1, 0.15) is 17.4 Å². The topological polar surface area (TPSA) is 196 Å². The number of nitrogens with one attached hydrogen (secondary N) is 4. The lowest BCUT2D eigenvalue weighted by molar-refractivity contribution is -0.139. The van der Waals surface area contributed by atoms with Crippen molar-refractivity contribution < 1.29 is 19.5 Å². The van der Waals surface area contributed by atoms with E-state index < -0.39 is 23.5 Å². The molecule has 3 aromatic rings. The van der Waals surface area contributed by atoms with Crippen LogP contribution in [0.5, 0.6) is 0 Å². The molecule has 3 rings (SSSR count). The smallest absolute Gasteiger partial charge is 0.326 e. The summed E-state index contributed by atoms with van der Waals surface area (Å²) in [5.41, 5.74) is 6.64. The number of aliphatic carboxylic acids is 1. The fourth-order valence-electron chi connectivity index (χ4n) is 3.32. The summed E-state index contributed by atoms with van der Waals surface area (Å²) in [5.74, 6) is -2.19. The van der Waals surface area contributed by atoms with Gasteiger partial charge in [0.25, 0.3) is 11.5 Å². The molecule has 1 atom stereocenters. The number of carbonyl (C=O) groups is 3. The van der Waals surface area contributed by atoms with Crippen LogP contribution in [0.4, 0.5) is 5.95 Å². The molecule has 0 radical (unpaired) electrons. The molecule has 0 bridgehead atoms. The third kappa shape index (κ3) is 6.40. The molecule has 2 amide bonds. The van der Waals surface area contributed by atoms with Crippen molar-refractivity contribution in [3.05, 3.63) is 51.7 Å². The summed E-state index contributed by atoms with van der Waals surface area (Å²) in [5, 5.41) is 14.9. The number of hydrogen-bond donors (Lipinski definition) is 6. The van der Waals surface area contributed by atoms with Crippen molar-refractivity contribution in [1.29, 1.82) is 0 Å². The van der Waals surface area contributed by atoms with Crippen LogP contribution in [0.2, 0.25) is 0 Å². The van der Waals surface area contributed by atoms with Crippen LogP contribution in [-0.2, 0) is 16.0 Å². The maximum atomic E-state index is 12.5. The molecule has 0 aliphatic rings. The van der Waals surface area contributed by atoms with Gasteiger partial charge in [0.2, 0.25) is 11.9 Å². The Balaban J connectivity index is 1.62. The summed E-state index contributed by atoms with van der Waals surface area (Å²) < 4.78 is 0. The van der Waals surface area contributed by atoms with Crippen LogP contribution in [0, 0.1) is 0 Å². The van der Waals surface area contributed by atoms with Crippen LogP contribution >= 0.6 is 0 Å². The van der Waals surface area contributed by atoms with Gasteiger partial charge in [0, 0.05) is 30.3 Å². The fraction of sp³-hybridized carbons (Fsp3) is 0.364. The maximum Gasteiger partial charge on any atom is 0.326 e. The van der Waals surface area contributed by atoms with Gasteiger partial charge in [-0.1, -0.05) is 6.07 Å². The van der Waals surface area contributed by atoms with Crippen LogP contribution in [0.15, 0.2) is 29.2 Å². The van der Waals surface area contributed by atoms with E-state index in [0.717, 1.165) is 5.56 Å². The minimum absolute atomic E-state index is 0.0115. The Bertz CT molecular complexity index is 1270. The van der Waals surface area contributed by atoms with E-state index in [1.54, 1.807) is 12.1 Å². The number of carboxylic acids is 1. The number of carboxylic acid groups (broad SMARTS) is 1. The SMILES string of the molecule is CC(C)(C)NC(=O)CC[C@H](NC(=O)c1ccc(Cc2cc3c(=O)[nH]c(N)nc3[nH]2)cn1)C(=O)O. The Labute approximate surface area is 194 Å². The minimum atomic E-state index is -1.24. The maximum absolute atomic E-state index is 12.5. The van der Waals surface area contributed by atoms with Crippen molar-refractivity contribution in [1.82, 2.24) is 30.6 Å². The highest BCUT2D eigenvalue weighted by molar-refractivity contribution is 5.95. The number of hydrogen-bond acceptors (Lipinski definition) is 7. The molecule has 12 nitrogen and oxygen atoms in total. The van der Waals surface area contributed by atoms with E-state index in [2.05, 4.69) is 30.6 Å². The number of pyridine rings is 1. The Hall–Kier alpha value is -4.22. The van der Waals surface area contributed by atoms with Gasteiger partial charge in [-0.25, -0.2) is 4.79 Å². The lowest BCUT2D eigenvalue weighted by atomic mass is 10.1. The molecule has 0 aliphatic heterocycles. The predicted octanol–water partition coefficient (Wildman–Crippen LogP) is 0.697. The summed E-state index contributed by atoms with van der Waals surface area (Å²) in [4.78, 5) is 61.5. The molecule has 3 heterocycles. The van der Waals surface area contributed by atoms with Crippen molar-refractivity contribution in [3.8, 4) is 0 Å². The zero-order valence-electron chi connectivity index (χ0n) is 19.1. The highest BCUT2D eigenvalue weighted by Crippen LogP contribution is 2.14. The van der Waals surface area contributed by atoms with Gasteiger partial charge in [-0.3, -0.25) is 24.4 Å². The van der Waals surface area contributed by atoms with E-state index >= 15 is 0 Å². The molecule has 0 fully saturated rings. The minimum Gasteiger partial charge on any atom is -0.480 e. The third-order valence-electron chi connectivity index (χ3n) is 4.80. The third-order valence-corrected chi connectivity index (χ3v) is 4.80. The molecule has 180 valence electrons. The second-order valence-corrected chi connectivity index (χ2v) is 8.94. The van der Waals surface area contributed by atoms with Crippen molar-refractivity contribution in [2.75, 3.05) is 5.73 Å². The molecule has 0 unspecified atom stereocenters. The number of nitrogens with two attached hydrogens (primary N) is 1. The number of amides is 2. The van der Waals surface area contributed by atoms with E-state index in [4.69, 9.17) is 5.73 Å². The Morgan fingerprint density at radius 3 is 2.56 bits per heavy atom. The molecule has 7 N–H and O–H groups in total. The number of rotatable bonds is 8. The molecule has 0 saturated heterocycles. The number of aromatic nitrogens is 4. The standard InChI is InChI=1S/C22H27N7O5/c1-22(2,3)29-16(30)7-6-15(20(33)34)26-19(32)14-5-4-11(10-24-14)8-12-9-13-17(25-12)27-21(23)28-18(13)31/h4-5,9-10,15H,6-8H2,1-3H3,(H,26,32)(H,29,30)(H,33,34)(H4,23,25,27,28,31)/t15-/m0/s1. The van der Waals surface area contributed by atoms with Crippen LogP contribution in [0.25, 0.3) is 11.0 Å². The van der Waals surface area contributed by atoms with E-state index in [0.29, 0.717) is 23.1 Å². The van der Waals surface area contributed by atoms with Gasteiger partial charge in [0.05, 0.1) is 5.39 Å². The first-order chi connectivity index (χ1) is 15.9. The van der Waals surface area contributed by atoms with Gasteiger partial charge >= 0.3 is 5.97 Å².